The van der Waals surface area contributed by atoms with Gasteiger partial charge in [-0.2, -0.15) is 5.10 Å². The molecule has 2 aromatic heterocycles. The van der Waals surface area contributed by atoms with Gasteiger partial charge in [-0.15, -0.1) is 0 Å². The van der Waals surface area contributed by atoms with Crippen LogP contribution in [0.5, 0.6) is 0 Å². The smallest absolute Gasteiger partial charge is 0.148 e. The summed E-state index contributed by atoms with van der Waals surface area (Å²) in [7, 11) is 2.02. The van der Waals surface area contributed by atoms with Crippen molar-refractivity contribution in [2.45, 2.75) is 65.1 Å². The van der Waals surface area contributed by atoms with Gasteiger partial charge in [-0.3, -0.25) is 9.58 Å². The van der Waals surface area contributed by atoms with Crippen LogP contribution in [-0.2, 0) is 26.6 Å². The lowest BCUT2D eigenvalue weighted by Crippen LogP contribution is -2.36. The number of fused-ring (bicyclic) bond motifs is 1. The Morgan fingerprint density at radius 2 is 1.81 bits per heavy atom. The predicted molar refractivity (Wildman–Crippen MR) is 128 cm³/mol. The van der Waals surface area contributed by atoms with E-state index >= 15 is 0 Å². The zero-order valence-electron chi connectivity index (χ0n) is 19.6. The molecular weight excluding hydrogens is 396 g/mol. The highest BCUT2D eigenvalue weighted by molar-refractivity contribution is 5.52. The molecule has 168 valence electrons. The van der Waals surface area contributed by atoms with E-state index in [0.717, 1.165) is 56.4 Å². The van der Waals surface area contributed by atoms with Gasteiger partial charge in [-0.1, -0.05) is 36.8 Å². The summed E-state index contributed by atoms with van der Waals surface area (Å²) in [6.07, 6.45) is 7.85. The molecule has 0 bridgehead atoms. The third-order valence-electron chi connectivity index (χ3n) is 7.20. The molecule has 0 amide bonds. The Bertz CT molecular complexity index is 1070. The third kappa shape index (κ3) is 4.16. The topological polar surface area (TPSA) is 50.1 Å². The van der Waals surface area contributed by atoms with Crippen LogP contribution in [-0.4, -0.2) is 37.7 Å². The van der Waals surface area contributed by atoms with Crippen LogP contribution in [0, 0.1) is 13.8 Å². The average Bonchev–Trinajstić information content (AvgIpc) is 3.13. The van der Waals surface area contributed by atoms with E-state index < -0.39 is 0 Å². The standard InChI is InChI=1S/C26H34N6/c1-19-23-12-9-15-32(17-21-10-5-4-6-11-21)26(23)29-25(28-19)24-13-7-8-14-31(24)18-22-16-27-30(3)20(22)2/h4-6,10-11,16,24H,7-9,12-15,17-18H2,1-3H3. The number of aromatic nitrogens is 4. The lowest BCUT2D eigenvalue weighted by Gasteiger charge is -2.36. The second-order valence-electron chi connectivity index (χ2n) is 9.34. The number of piperidine rings is 1. The van der Waals surface area contributed by atoms with Crippen molar-refractivity contribution in [2.24, 2.45) is 7.05 Å². The van der Waals surface area contributed by atoms with E-state index in [0.29, 0.717) is 0 Å². The second kappa shape index (κ2) is 9.02. The summed E-state index contributed by atoms with van der Waals surface area (Å²) in [5.74, 6) is 2.16. The third-order valence-corrected chi connectivity index (χ3v) is 7.20. The first-order valence-electron chi connectivity index (χ1n) is 12.0. The van der Waals surface area contributed by atoms with Gasteiger partial charge in [0, 0.05) is 49.2 Å². The Morgan fingerprint density at radius 1 is 0.969 bits per heavy atom. The monoisotopic (exact) mass is 430 g/mol. The van der Waals surface area contributed by atoms with E-state index in [4.69, 9.17) is 9.97 Å². The summed E-state index contributed by atoms with van der Waals surface area (Å²) in [4.78, 5) is 15.3. The lowest BCUT2D eigenvalue weighted by atomic mass is 9.98. The minimum absolute atomic E-state index is 0.271. The molecule has 1 atom stereocenters. The van der Waals surface area contributed by atoms with E-state index in [1.165, 1.54) is 41.6 Å². The van der Waals surface area contributed by atoms with Crippen molar-refractivity contribution < 1.29 is 0 Å². The number of benzene rings is 1. The molecule has 6 nitrogen and oxygen atoms in total. The van der Waals surface area contributed by atoms with Crippen LogP contribution in [0.4, 0.5) is 5.82 Å². The Morgan fingerprint density at radius 3 is 2.59 bits per heavy atom. The Hall–Kier alpha value is -2.73. The first-order valence-corrected chi connectivity index (χ1v) is 12.0. The summed E-state index contributed by atoms with van der Waals surface area (Å²) in [6, 6.07) is 11.0. The van der Waals surface area contributed by atoms with Crippen LogP contribution in [0.25, 0.3) is 0 Å². The van der Waals surface area contributed by atoms with Crippen LogP contribution in [0.3, 0.4) is 0 Å². The summed E-state index contributed by atoms with van der Waals surface area (Å²) >= 11 is 0. The number of anilines is 1. The summed E-state index contributed by atoms with van der Waals surface area (Å²) in [5.41, 5.74) is 6.38. The van der Waals surface area contributed by atoms with Crippen LogP contribution in [0.15, 0.2) is 36.5 Å². The number of hydrogen-bond acceptors (Lipinski definition) is 5. The molecule has 1 saturated heterocycles. The highest BCUT2D eigenvalue weighted by atomic mass is 15.3. The Labute approximate surface area is 191 Å². The fourth-order valence-electron chi connectivity index (χ4n) is 5.21. The highest BCUT2D eigenvalue weighted by Gasteiger charge is 2.30. The van der Waals surface area contributed by atoms with E-state index in [-0.39, 0.29) is 6.04 Å². The van der Waals surface area contributed by atoms with Crippen molar-refractivity contribution in [1.82, 2.24) is 24.6 Å². The van der Waals surface area contributed by atoms with Gasteiger partial charge in [0.05, 0.1) is 12.2 Å². The van der Waals surface area contributed by atoms with Crippen molar-refractivity contribution in [3.8, 4) is 0 Å². The number of rotatable bonds is 5. The van der Waals surface area contributed by atoms with Gasteiger partial charge in [0.25, 0.3) is 0 Å². The van der Waals surface area contributed by atoms with Crippen LogP contribution >= 0.6 is 0 Å². The SMILES string of the molecule is Cc1nc(C2CCCCN2Cc2cnn(C)c2C)nc2c1CCCN2Cc1ccccc1. The minimum atomic E-state index is 0.271. The molecule has 0 aliphatic carbocycles. The molecule has 0 saturated carbocycles. The van der Waals surface area contributed by atoms with Crippen LogP contribution in [0.2, 0.25) is 0 Å². The van der Waals surface area contributed by atoms with Gasteiger partial charge >= 0.3 is 0 Å². The van der Waals surface area contributed by atoms with E-state index in [2.05, 4.69) is 59.1 Å². The minimum Gasteiger partial charge on any atom is -0.352 e. The fraction of sp³-hybridized carbons (Fsp3) is 0.500. The summed E-state index contributed by atoms with van der Waals surface area (Å²) in [6.45, 7) is 8.30. The van der Waals surface area contributed by atoms with Gasteiger partial charge in [0.15, 0.2) is 0 Å². The van der Waals surface area contributed by atoms with E-state index in [9.17, 15) is 0 Å². The number of hydrogen-bond donors (Lipinski definition) is 0. The van der Waals surface area contributed by atoms with Crippen molar-refractivity contribution in [3.05, 3.63) is 70.4 Å². The van der Waals surface area contributed by atoms with Crippen molar-refractivity contribution in [3.63, 3.8) is 0 Å². The quantitative estimate of drug-likeness (QED) is 0.596. The second-order valence-corrected chi connectivity index (χ2v) is 9.34. The molecule has 32 heavy (non-hydrogen) atoms. The molecule has 1 aromatic carbocycles. The van der Waals surface area contributed by atoms with E-state index in [1.54, 1.807) is 0 Å². The predicted octanol–water partition coefficient (Wildman–Crippen LogP) is 4.51. The van der Waals surface area contributed by atoms with Gasteiger partial charge in [-0.05, 0) is 51.6 Å². The average molecular weight is 431 g/mol. The maximum Gasteiger partial charge on any atom is 0.148 e. The summed E-state index contributed by atoms with van der Waals surface area (Å²) < 4.78 is 1.97. The first-order chi connectivity index (χ1) is 15.6. The molecule has 4 heterocycles. The molecule has 2 aliphatic heterocycles. The number of likely N-dealkylation sites (tertiary alicyclic amines) is 1. The first kappa shape index (κ1) is 21.1. The fourth-order valence-corrected chi connectivity index (χ4v) is 5.21. The van der Waals surface area contributed by atoms with Crippen molar-refractivity contribution in [2.75, 3.05) is 18.0 Å². The van der Waals surface area contributed by atoms with Gasteiger partial charge in [0.2, 0.25) is 0 Å². The Kier molecular flexibility index (Phi) is 5.96. The maximum atomic E-state index is 5.25. The zero-order valence-corrected chi connectivity index (χ0v) is 19.6. The normalized spacial score (nSPS) is 19.2. The summed E-state index contributed by atoms with van der Waals surface area (Å²) in [5, 5.41) is 4.45. The largest absolute Gasteiger partial charge is 0.352 e. The molecule has 3 aromatic rings. The van der Waals surface area contributed by atoms with Gasteiger partial charge in [-0.25, -0.2) is 9.97 Å². The maximum absolute atomic E-state index is 5.25. The van der Waals surface area contributed by atoms with Crippen molar-refractivity contribution in [1.29, 1.82) is 0 Å². The van der Waals surface area contributed by atoms with Crippen LogP contribution in [0.1, 0.15) is 65.6 Å². The van der Waals surface area contributed by atoms with Gasteiger partial charge in [0.1, 0.15) is 11.6 Å². The number of nitrogens with zero attached hydrogens (tertiary/aromatic N) is 6. The molecule has 0 spiro atoms. The molecule has 5 rings (SSSR count). The molecule has 1 fully saturated rings. The molecule has 0 N–H and O–H groups in total. The molecule has 2 aliphatic rings. The van der Waals surface area contributed by atoms with Gasteiger partial charge < -0.3 is 4.90 Å². The highest BCUT2D eigenvalue weighted by Crippen LogP contribution is 2.35. The Balaban J connectivity index is 1.45. The van der Waals surface area contributed by atoms with Crippen LogP contribution < -0.4 is 4.90 Å². The zero-order chi connectivity index (χ0) is 22.1. The van der Waals surface area contributed by atoms with Crippen molar-refractivity contribution >= 4 is 5.82 Å². The van der Waals surface area contributed by atoms with E-state index in [1.807, 2.05) is 17.9 Å². The molecule has 6 heteroatoms. The molecule has 1 unspecified atom stereocenters. The molecule has 0 radical (unpaired) electrons. The lowest BCUT2D eigenvalue weighted by molar-refractivity contribution is 0.133. The molecular formula is C26H34N6. The number of aryl methyl sites for hydroxylation is 2.